The molecular formula is C12H13Cl2NO2. The first-order chi connectivity index (χ1) is 8.13. The Morgan fingerprint density at radius 1 is 1.41 bits per heavy atom. The SMILES string of the molecule is COC(=O)C1CCNC1c1ccc(Cl)c(Cl)c1. The van der Waals surface area contributed by atoms with Crippen LogP contribution in [0.25, 0.3) is 0 Å². The first kappa shape index (κ1) is 12.7. The minimum Gasteiger partial charge on any atom is -0.469 e. The van der Waals surface area contributed by atoms with E-state index in [-0.39, 0.29) is 17.9 Å². The predicted octanol–water partition coefficient (Wildman–Crippen LogP) is 2.82. The van der Waals surface area contributed by atoms with Gasteiger partial charge in [0.05, 0.1) is 23.1 Å². The van der Waals surface area contributed by atoms with Crippen LogP contribution in [0.2, 0.25) is 10.0 Å². The summed E-state index contributed by atoms with van der Waals surface area (Å²) < 4.78 is 4.80. The summed E-state index contributed by atoms with van der Waals surface area (Å²) in [4.78, 5) is 11.6. The average Bonchev–Trinajstić information content (AvgIpc) is 2.80. The standard InChI is InChI=1S/C12H13Cl2NO2/c1-17-12(16)8-4-5-15-11(8)7-2-3-9(13)10(14)6-7/h2-3,6,8,11,15H,4-5H2,1H3. The van der Waals surface area contributed by atoms with Gasteiger partial charge in [-0.3, -0.25) is 4.79 Å². The lowest BCUT2D eigenvalue weighted by Crippen LogP contribution is -2.24. The fraction of sp³-hybridized carbons (Fsp3) is 0.417. The fourth-order valence-corrected chi connectivity index (χ4v) is 2.47. The second kappa shape index (κ2) is 5.25. The van der Waals surface area contributed by atoms with Crippen LogP contribution in [0.4, 0.5) is 0 Å². The van der Waals surface area contributed by atoms with Crippen LogP contribution in [-0.2, 0) is 9.53 Å². The molecule has 1 heterocycles. The molecule has 92 valence electrons. The maximum atomic E-state index is 11.6. The maximum absolute atomic E-state index is 11.6. The molecule has 3 nitrogen and oxygen atoms in total. The second-order valence-corrected chi connectivity index (χ2v) is 4.84. The molecule has 0 aliphatic carbocycles. The number of ether oxygens (including phenoxy) is 1. The summed E-state index contributed by atoms with van der Waals surface area (Å²) in [7, 11) is 1.41. The lowest BCUT2D eigenvalue weighted by molar-refractivity contribution is -0.145. The quantitative estimate of drug-likeness (QED) is 0.843. The highest BCUT2D eigenvalue weighted by molar-refractivity contribution is 6.42. The van der Waals surface area contributed by atoms with Crippen LogP contribution in [0, 0.1) is 5.92 Å². The maximum Gasteiger partial charge on any atom is 0.310 e. The Labute approximate surface area is 110 Å². The van der Waals surface area contributed by atoms with Gasteiger partial charge in [-0.05, 0) is 30.7 Å². The summed E-state index contributed by atoms with van der Waals surface area (Å²) in [6.45, 7) is 0.796. The molecule has 0 bridgehead atoms. The zero-order valence-corrected chi connectivity index (χ0v) is 10.9. The Hall–Kier alpha value is -0.770. The van der Waals surface area contributed by atoms with Crippen molar-refractivity contribution in [2.24, 2.45) is 5.92 Å². The Balaban J connectivity index is 2.26. The number of carbonyl (C=O) groups is 1. The molecule has 1 aromatic rings. The molecule has 0 radical (unpaired) electrons. The molecule has 0 amide bonds. The average molecular weight is 274 g/mol. The van der Waals surface area contributed by atoms with Crippen LogP contribution in [0.15, 0.2) is 18.2 Å². The number of carbonyl (C=O) groups excluding carboxylic acids is 1. The molecule has 2 rings (SSSR count). The molecule has 17 heavy (non-hydrogen) atoms. The van der Waals surface area contributed by atoms with Crippen molar-refractivity contribution in [1.82, 2.24) is 5.32 Å². The summed E-state index contributed by atoms with van der Waals surface area (Å²) in [6, 6.07) is 5.38. The van der Waals surface area contributed by atoms with Crippen molar-refractivity contribution < 1.29 is 9.53 Å². The van der Waals surface area contributed by atoms with Crippen molar-refractivity contribution in [2.45, 2.75) is 12.5 Å². The molecular weight excluding hydrogens is 261 g/mol. The molecule has 1 aliphatic heterocycles. The van der Waals surface area contributed by atoms with E-state index in [2.05, 4.69) is 5.32 Å². The van der Waals surface area contributed by atoms with Crippen molar-refractivity contribution in [1.29, 1.82) is 0 Å². The minimum atomic E-state index is -0.189. The number of esters is 1. The third-order valence-electron chi connectivity index (χ3n) is 3.03. The monoisotopic (exact) mass is 273 g/mol. The zero-order valence-electron chi connectivity index (χ0n) is 9.37. The highest BCUT2D eigenvalue weighted by atomic mass is 35.5. The van der Waals surface area contributed by atoms with Gasteiger partial charge in [0, 0.05) is 6.04 Å². The number of rotatable bonds is 2. The summed E-state index contributed by atoms with van der Waals surface area (Å²) in [6.07, 6.45) is 0.775. The molecule has 2 unspecified atom stereocenters. The van der Waals surface area contributed by atoms with Gasteiger partial charge in [0.15, 0.2) is 0 Å². The largest absolute Gasteiger partial charge is 0.469 e. The molecule has 1 saturated heterocycles. The third kappa shape index (κ3) is 2.57. The van der Waals surface area contributed by atoms with E-state index in [1.165, 1.54) is 7.11 Å². The number of hydrogen-bond acceptors (Lipinski definition) is 3. The Morgan fingerprint density at radius 2 is 2.18 bits per heavy atom. The molecule has 1 aromatic carbocycles. The Bertz CT molecular complexity index is 437. The lowest BCUT2D eigenvalue weighted by Gasteiger charge is -2.18. The number of nitrogens with one attached hydrogen (secondary N) is 1. The molecule has 0 spiro atoms. The van der Waals surface area contributed by atoms with Gasteiger partial charge in [-0.1, -0.05) is 29.3 Å². The van der Waals surface area contributed by atoms with Gasteiger partial charge in [0.25, 0.3) is 0 Å². The molecule has 2 atom stereocenters. The fourth-order valence-electron chi connectivity index (χ4n) is 2.16. The van der Waals surface area contributed by atoms with Gasteiger partial charge in [-0.2, -0.15) is 0 Å². The molecule has 1 aliphatic rings. The minimum absolute atomic E-state index is 0.0442. The van der Waals surface area contributed by atoms with E-state index in [1.54, 1.807) is 12.1 Å². The van der Waals surface area contributed by atoms with Gasteiger partial charge in [-0.25, -0.2) is 0 Å². The van der Waals surface area contributed by atoms with E-state index >= 15 is 0 Å². The molecule has 1 N–H and O–H groups in total. The van der Waals surface area contributed by atoms with E-state index in [1.807, 2.05) is 6.07 Å². The van der Waals surface area contributed by atoms with Crippen LogP contribution < -0.4 is 5.32 Å². The van der Waals surface area contributed by atoms with Crippen molar-refractivity contribution in [3.63, 3.8) is 0 Å². The first-order valence-electron chi connectivity index (χ1n) is 5.39. The molecule has 1 fully saturated rings. The Kier molecular flexibility index (Phi) is 3.92. The highest BCUT2D eigenvalue weighted by Crippen LogP contribution is 2.33. The van der Waals surface area contributed by atoms with Crippen LogP contribution in [0.5, 0.6) is 0 Å². The summed E-state index contributed by atoms with van der Waals surface area (Å²) >= 11 is 11.8. The summed E-state index contributed by atoms with van der Waals surface area (Å²) in [5.74, 6) is -0.344. The summed E-state index contributed by atoms with van der Waals surface area (Å²) in [5, 5.41) is 4.30. The van der Waals surface area contributed by atoms with Crippen LogP contribution in [-0.4, -0.2) is 19.6 Å². The predicted molar refractivity (Wildman–Crippen MR) is 67.3 cm³/mol. The second-order valence-electron chi connectivity index (χ2n) is 4.02. The lowest BCUT2D eigenvalue weighted by atomic mass is 9.94. The van der Waals surface area contributed by atoms with E-state index < -0.39 is 0 Å². The number of benzene rings is 1. The topological polar surface area (TPSA) is 38.3 Å². The van der Waals surface area contributed by atoms with E-state index in [0.717, 1.165) is 18.5 Å². The van der Waals surface area contributed by atoms with Gasteiger partial charge >= 0.3 is 5.97 Å². The van der Waals surface area contributed by atoms with Crippen molar-refractivity contribution in [3.05, 3.63) is 33.8 Å². The Morgan fingerprint density at radius 3 is 2.82 bits per heavy atom. The molecule has 0 aromatic heterocycles. The van der Waals surface area contributed by atoms with Gasteiger partial charge in [0.2, 0.25) is 0 Å². The van der Waals surface area contributed by atoms with E-state index in [4.69, 9.17) is 27.9 Å². The molecule has 5 heteroatoms. The zero-order chi connectivity index (χ0) is 12.4. The van der Waals surface area contributed by atoms with E-state index in [9.17, 15) is 4.79 Å². The van der Waals surface area contributed by atoms with Crippen molar-refractivity contribution >= 4 is 29.2 Å². The smallest absolute Gasteiger partial charge is 0.310 e. The number of methoxy groups -OCH3 is 1. The van der Waals surface area contributed by atoms with Gasteiger partial charge in [-0.15, -0.1) is 0 Å². The van der Waals surface area contributed by atoms with Crippen molar-refractivity contribution in [2.75, 3.05) is 13.7 Å². The van der Waals surface area contributed by atoms with Crippen LogP contribution >= 0.6 is 23.2 Å². The molecule has 0 saturated carbocycles. The number of halogens is 2. The normalized spacial score (nSPS) is 23.7. The first-order valence-corrected chi connectivity index (χ1v) is 6.15. The van der Waals surface area contributed by atoms with Gasteiger partial charge < -0.3 is 10.1 Å². The van der Waals surface area contributed by atoms with Crippen LogP contribution in [0.1, 0.15) is 18.0 Å². The van der Waals surface area contributed by atoms with Crippen LogP contribution in [0.3, 0.4) is 0 Å². The van der Waals surface area contributed by atoms with E-state index in [0.29, 0.717) is 10.0 Å². The highest BCUT2D eigenvalue weighted by Gasteiger charge is 2.34. The summed E-state index contributed by atoms with van der Waals surface area (Å²) in [5.41, 5.74) is 0.965. The third-order valence-corrected chi connectivity index (χ3v) is 3.77. The number of hydrogen-bond donors (Lipinski definition) is 1. The van der Waals surface area contributed by atoms with Gasteiger partial charge in [0.1, 0.15) is 0 Å². The van der Waals surface area contributed by atoms with Crippen molar-refractivity contribution in [3.8, 4) is 0 Å².